The van der Waals surface area contributed by atoms with Crippen LogP contribution in [0.3, 0.4) is 0 Å². The number of nitrogens with zero attached hydrogens (tertiary/aromatic N) is 1. The molecule has 2 nitrogen and oxygen atoms in total. The molecule has 3 aromatic rings. The van der Waals surface area contributed by atoms with E-state index in [0.29, 0.717) is 0 Å². The van der Waals surface area contributed by atoms with Gasteiger partial charge in [0, 0.05) is 28.3 Å². The molecule has 106 valence electrons. The molecule has 0 radical (unpaired) electrons. The van der Waals surface area contributed by atoms with Crippen molar-refractivity contribution in [2.24, 2.45) is 5.73 Å². The topological polar surface area (TPSA) is 38.9 Å². The van der Waals surface area contributed by atoms with Crippen molar-refractivity contribution in [3.05, 3.63) is 71.9 Å². The Morgan fingerprint density at radius 1 is 1.10 bits per heavy atom. The van der Waals surface area contributed by atoms with E-state index in [1.54, 1.807) is 0 Å². The highest BCUT2D eigenvalue weighted by Gasteiger charge is 2.01. The van der Waals surface area contributed by atoms with E-state index in [2.05, 4.69) is 53.5 Å². The minimum Gasteiger partial charge on any atom is -0.324 e. The van der Waals surface area contributed by atoms with Gasteiger partial charge in [0.15, 0.2) is 0 Å². The smallest absolute Gasteiger partial charge is 0.0702 e. The highest BCUT2D eigenvalue weighted by Crippen LogP contribution is 2.25. The van der Waals surface area contributed by atoms with Crippen LogP contribution in [0, 0.1) is 0 Å². The SMILES string of the molecule is CC(N)c1ccc(SCc2ccc3ncccc3c2)cc1. The van der Waals surface area contributed by atoms with Gasteiger partial charge in [-0.2, -0.15) is 0 Å². The summed E-state index contributed by atoms with van der Waals surface area (Å²) >= 11 is 1.84. The van der Waals surface area contributed by atoms with Gasteiger partial charge in [0.25, 0.3) is 0 Å². The van der Waals surface area contributed by atoms with Gasteiger partial charge < -0.3 is 5.73 Å². The maximum absolute atomic E-state index is 5.87. The van der Waals surface area contributed by atoms with Crippen molar-refractivity contribution in [1.82, 2.24) is 4.98 Å². The second-order valence-electron chi connectivity index (χ2n) is 5.18. The van der Waals surface area contributed by atoms with Crippen LogP contribution in [-0.2, 0) is 5.75 Å². The summed E-state index contributed by atoms with van der Waals surface area (Å²) in [5, 5.41) is 1.20. The Hall–Kier alpha value is -1.84. The van der Waals surface area contributed by atoms with Crippen LogP contribution in [0.4, 0.5) is 0 Å². The van der Waals surface area contributed by atoms with Gasteiger partial charge in [-0.05, 0) is 48.4 Å². The predicted octanol–water partition coefficient (Wildman–Crippen LogP) is 4.55. The van der Waals surface area contributed by atoms with Crippen molar-refractivity contribution in [2.45, 2.75) is 23.6 Å². The molecule has 2 N–H and O–H groups in total. The summed E-state index contributed by atoms with van der Waals surface area (Å²) in [6.45, 7) is 2.01. The fraction of sp³-hybridized carbons (Fsp3) is 0.167. The lowest BCUT2D eigenvalue weighted by atomic mass is 10.1. The zero-order valence-electron chi connectivity index (χ0n) is 12.0. The fourth-order valence-electron chi connectivity index (χ4n) is 2.25. The number of nitrogens with two attached hydrogens (primary N) is 1. The molecular weight excluding hydrogens is 276 g/mol. The summed E-state index contributed by atoms with van der Waals surface area (Å²) in [5.74, 6) is 0.961. The molecule has 0 aliphatic rings. The first-order chi connectivity index (χ1) is 10.2. The molecule has 1 unspecified atom stereocenters. The molecular formula is C18H18N2S. The van der Waals surface area contributed by atoms with E-state index in [4.69, 9.17) is 5.73 Å². The second-order valence-corrected chi connectivity index (χ2v) is 6.23. The van der Waals surface area contributed by atoms with Gasteiger partial charge in [-0.3, -0.25) is 4.98 Å². The Kier molecular flexibility index (Phi) is 4.23. The molecule has 0 aliphatic heterocycles. The van der Waals surface area contributed by atoms with Crippen molar-refractivity contribution in [1.29, 1.82) is 0 Å². The Balaban J connectivity index is 1.71. The number of rotatable bonds is 4. The van der Waals surface area contributed by atoms with Gasteiger partial charge >= 0.3 is 0 Å². The van der Waals surface area contributed by atoms with Crippen LogP contribution in [0.1, 0.15) is 24.1 Å². The average Bonchev–Trinajstić information content (AvgIpc) is 2.53. The third-order valence-electron chi connectivity index (χ3n) is 3.48. The summed E-state index contributed by atoms with van der Waals surface area (Å²) < 4.78 is 0. The summed E-state index contributed by atoms with van der Waals surface area (Å²) in [5.41, 5.74) is 9.41. The molecule has 0 spiro atoms. The molecule has 0 saturated carbocycles. The number of thioether (sulfide) groups is 1. The molecule has 0 amide bonds. The summed E-state index contributed by atoms with van der Waals surface area (Å²) in [7, 11) is 0. The van der Waals surface area contributed by atoms with Gasteiger partial charge in [-0.15, -0.1) is 11.8 Å². The number of benzene rings is 2. The third-order valence-corrected chi connectivity index (χ3v) is 4.56. The van der Waals surface area contributed by atoms with Crippen molar-refractivity contribution < 1.29 is 0 Å². The van der Waals surface area contributed by atoms with Crippen molar-refractivity contribution in [2.75, 3.05) is 0 Å². The quantitative estimate of drug-likeness (QED) is 0.718. The molecule has 1 heterocycles. The van der Waals surface area contributed by atoms with Crippen LogP contribution < -0.4 is 5.73 Å². The van der Waals surface area contributed by atoms with Crippen LogP contribution >= 0.6 is 11.8 Å². The maximum Gasteiger partial charge on any atom is 0.0702 e. The largest absolute Gasteiger partial charge is 0.324 e. The molecule has 0 fully saturated rings. The van der Waals surface area contributed by atoms with E-state index < -0.39 is 0 Å². The highest BCUT2D eigenvalue weighted by molar-refractivity contribution is 7.98. The molecule has 21 heavy (non-hydrogen) atoms. The van der Waals surface area contributed by atoms with Gasteiger partial charge in [-0.1, -0.05) is 24.3 Å². The molecule has 3 heteroatoms. The number of hydrogen-bond donors (Lipinski definition) is 1. The van der Waals surface area contributed by atoms with Gasteiger partial charge in [-0.25, -0.2) is 0 Å². The Labute approximate surface area is 129 Å². The average molecular weight is 294 g/mol. The first-order valence-electron chi connectivity index (χ1n) is 7.04. The predicted molar refractivity (Wildman–Crippen MR) is 90.3 cm³/mol. The van der Waals surface area contributed by atoms with Crippen LogP contribution in [0.2, 0.25) is 0 Å². The summed E-state index contributed by atoms with van der Waals surface area (Å²) in [6, 6.07) is 19.1. The molecule has 1 aromatic heterocycles. The summed E-state index contributed by atoms with van der Waals surface area (Å²) in [4.78, 5) is 5.62. The van der Waals surface area contributed by atoms with E-state index >= 15 is 0 Å². The van der Waals surface area contributed by atoms with Crippen LogP contribution in [0.5, 0.6) is 0 Å². The van der Waals surface area contributed by atoms with E-state index in [0.717, 1.165) is 11.3 Å². The molecule has 0 saturated heterocycles. The first-order valence-corrected chi connectivity index (χ1v) is 8.03. The lowest BCUT2D eigenvalue weighted by Crippen LogP contribution is -2.04. The lowest BCUT2D eigenvalue weighted by molar-refractivity contribution is 0.817. The molecule has 0 bridgehead atoms. The van der Waals surface area contributed by atoms with E-state index in [9.17, 15) is 0 Å². The van der Waals surface area contributed by atoms with Crippen molar-refractivity contribution in [3.63, 3.8) is 0 Å². The standard InChI is InChI=1S/C18H18N2S/c1-13(19)15-5-7-17(8-6-15)21-12-14-4-9-18-16(11-14)3-2-10-20-18/h2-11,13H,12,19H2,1H3. The molecule has 2 aromatic carbocycles. The van der Waals surface area contributed by atoms with Gasteiger partial charge in [0.1, 0.15) is 0 Å². The molecule has 3 rings (SSSR count). The first kappa shape index (κ1) is 14.1. The Bertz CT molecular complexity index is 736. The number of fused-ring (bicyclic) bond motifs is 1. The van der Waals surface area contributed by atoms with E-state index in [1.807, 2.05) is 30.9 Å². The van der Waals surface area contributed by atoms with Crippen LogP contribution in [0.25, 0.3) is 10.9 Å². The number of aromatic nitrogens is 1. The minimum absolute atomic E-state index is 0.0945. The van der Waals surface area contributed by atoms with E-state index in [-0.39, 0.29) is 6.04 Å². The van der Waals surface area contributed by atoms with Gasteiger partial charge in [0.05, 0.1) is 5.52 Å². The minimum atomic E-state index is 0.0945. The second kappa shape index (κ2) is 6.29. The van der Waals surface area contributed by atoms with Crippen LogP contribution in [0.15, 0.2) is 65.7 Å². The zero-order chi connectivity index (χ0) is 14.7. The Morgan fingerprint density at radius 2 is 1.90 bits per heavy atom. The molecule has 1 atom stereocenters. The highest BCUT2D eigenvalue weighted by atomic mass is 32.2. The Morgan fingerprint density at radius 3 is 2.67 bits per heavy atom. The summed E-state index contributed by atoms with van der Waals surface area (Å²) in [6.07, 6.45) is 1.83. The fourth-order valence-corrected chi connectivity index (χ4v) is 3.09. The third kappa shape index (κ3) is 3.43. The number of pyridine rings is 1. The van der Waals surface area contributed by atoms with E-state index in [1.165, 1.54) is 21.4 Å². The van der Waals surface area contributed by atoms with Crippen molar-refractivity contribution >= 4 is 22.7 Å². The lowest BCUT2D eigenvalue weighted by Gasteiger charge is -2.07. The van der Waals surface area contributed by atoms with Crippen molar-refractivity contribution in [3.8, 4) is 0 Å². The van der Waals surface area contributed by atoms with Gasteiger partial charge in [0.2, 0.25) is 0 Å². The normalized spacial score (nSPS) is 12.5. The zero-order valence-corrected chi connectivity index (χ0v) is 12.8. The monoisotopic (exact) mass is 294 g/mol. The number of hydrogen-bond acceptors (Lipinski definition) is 3. The maximum atomic E-state index is 5.87. The molecule has 0 aliphatic carbocycles. The van der Waals surface area contributed by atoms with Crippen LogP contribution in [-0.4, -0.2) is 4.98 Å².